The molecule has 1 fully saturated rings. The average molecular weight is 435 g/mol. The third kappa shape index (κ3) is 3.69. The van der Waals surface area contributed by atoms with Gasteiger partial charge >= 0.3 is 0 Å². The molecule has 3 aromatic carbocycles. The molecule has 0 aliphatic carbocycles. The Morgan fingerprint density at radius 3 is 2.60 bits per heavy atom. The normalized spacial score (nSPS) is 15.1. The van der Waals surface area contributed by atoms with Crippen LogP contribution < -0.4 is 10.2 Å². The van der Waals surface area contributed by atoms with Gasteiger partial charge in [0.1, 0.15) is 5.75 Å². The number of aryl methyl sites for hydroxylation is 1. The highest BCUT2D eigenvalue weighted by atomic mass is 32.2. The number of nitrogens with one attached hydrogen (secondary N) is 1. The lowest BCUT2D eigenvalue weighted by molar-refractivity contribution is -0.123. The van der Waals surface area contributed by atoms with Crippen LogP contribution in [0.25, 0.3) is 16.8 Å². The molecule has 1 aliphatic rings. The first kappa shape index (κ1) is 20.1. The van der Waals surface area contributed by atoms with Crippen molar-refractivity contribution >= 4 is 57.0 Å². The number of hydrogen-bond acceptors (Lipinski definition) is 5. The predicted molar refractivity (Wildman–Crippen MR) is 124 cm³/mol. The van der Waals surface area contributed by atoms with Crippen molar-refractivity contribution in [2.45, 2.75) is 6.92 Å². The molecular formula is C23H18N2O3S2. The fourth-order valence-electron chi connectivity index (χ4n) is 3.29. The van der Waals surface area contributed by atoms with Crippen LogP contribution in [-0.2, 0) is 4.79 Å². The molecular weight excluding hydrogens is 416 g/mol. The lowest BCUT2D eigenvalue weighted by atomic mass is 10.0. The molecule has 1 aliphatic heterocycles. The average Bonchev–Trinajstić information content (AvgIpc) is 3.01. The Labute approximate surface area is 183 Å². The minimum Gasteiger partial charge on any atom is -0.496 e. The second kappa shape index (κ2) is 8.30. The quantitative estimate of drug-likeness (QED) is 0.476. The van der Waals surface area contributed by atoms with Gasteiger partial charge in [0.05, 0.1) is 12.0 Å². The Balaban J connectivity index is 1.67. The van der Waals surface area contributed by atoms with Gasteiger partial charge in [0.15, 0.2) is 4.32 Å². The summed E-state index contributed by atoms with van der Waals surface area (Å²) in [6, 6.07) is 18.9. The number of nitrogens with zero attached hydrogens (tertiary/aromatic N) is 1. The van der Waals surface area contributed by atoms with E-state index in [1.807, 2.05) is 55.5 Å². The molecule has 0 aromatic heterocycles. The van der Waals surface area contributed by atoms with Gasteiger partial charge in [-0.1, -0.05) is 60.3 Å². The summed E-state index contributed by atoms with van der Waals surface area (Å²) in [5.41, 5.74) is 4.73. The summed E-state index contributed by atoms with van der Waals surface area (Å²) in [5, 5.41) is 3.12. The van der Waals surface area contributed by atoms with Gasteiger partial charge in [0, 0.05) is 11.1 Å². The number of fused-ring (bicyclic) bond motifs is 1. The second-order valence-corrected chi connectivity index (χ2v) is 8.35. The van der Waals surface area contributed by atoms with Gasteiger partial charge in [0.2, 0.25) is 0 Å². The highest BCUT2D eigenvalue weighted by Crippen LogP contribution is 2.36. The number of ether oxygens (including phenoxy) is 1. The predicted octanol–water partition coefficient (Wildman–Crippen LogP) is 4.70. The molecule has 5 nitrogen and oxygen atoms in total. The van der Waals surface area contributed by atoms with E-state index < -0.39 is 0 Å². The Bertz CT molecular complexity index is 1220. The number of carbonyl (C=O) groups excluding carboxylic acids is 2. The summed E-state index contributed by atoms with van der Waals surface area (Å²) in [6.45, 7) is 1.84. The van der Waals surface area contributed by atoms with Gasteiger partial charge in [-0.25, -0.2) is 0 Å². The van der Waals surface area contributed by atoms with E-state index in [0.29, 0.717) is 16.2 Å². The number of amides is 2. The maximum Gasteiger partial charge on any atom is 0.285 e. The molecule has 150 valence electrons. The van der Waals surface area contributed by atoms with E-state index in [2.05, 4.69) is 5.43 Å². The van der Waals surface area contributed by atoms with E-state index >= 15 is 0 Å². The third-order valence-corrected chi connectivity index (χ3v) is 6.12. The molecule has 3 aromatic rings. The lowest BCUT2D eigenvalue weighted by Crippen LogP contribution is -2.45. The van der Waals surface area contributed by atoms with Gasteiger partial charge in [-0.05, 0) is 53.7 Å². The first-order valence-electron chi connectivity index (χ1n) is 9.20. The number of hydrazine groups is 1. The number of benzene rings is 3. The fourth-order valence-corrected chi connectivity index (χ4v) is 4.45. The molecule has 0 atom stereocenters. The Morgan fingerprint density at radius 1 is 1.10 bits per heavy atom. The summed E-state index contributed by atoms with van der Waals surface area (Å²) in [4.78, 5) is 26.1. The molecule has 0 saturated carbocycles. The van der Waals surface area contributed by atoms with Crippen molar-refractivity contribution in [3.8, 4) is 5.75 Å². The Kier molecular flexibility index (Phi) is 5.57. The van der Waals surface area contributed by atoms with E-state index in [1.165, 1.54) is 0 Å². The van der Waals surface area contributed by atoms with Crippen LogP contribution in [0.15, 0.2) is 65.6 Å². The molecule has 0 bridgehead atoms. The Morgan fingerprint density at radius 2 is 1.83 bits per heavy atom. The van der Waals surface area contributed by atoms with Crippen molar-refractivity contribution in [1.29, 1.82) is 0 Å². The van der Waals surface area contributed by atoms with Gasteiger partial charge in [0.25, 0.3) is 11.8 Å². The highest BCUT2D eigenvalue weighted by molar-refractivity contribution is 8.26. The van der Waals surface area contributed by atoms with Crippen LogP contribution in [0, 0.1) is 6.92 Å². The van der Waals surface area contributed by atoms with Crippen molar-refractivity contribution < 1.29 is 14.3 Å². The largest absolute Gasteiger partial charge is 0.496 e. The van der Waals surface area contributed by atoms with E-state index in [4.69, 9.17) is 17.0 Å². The van der Waals surface area contributed by atoms with Crippen molar-refractivity contribution in [3.63, 3.8) is 0 Å². The van der Waals surface area contributed by atoms with Crippen LogP contribution in [-0.4, -0.2) is 28.3 Å². The number of thiocarbonyl (C=S) groups is 1. The van der Waals surface area contributed by atoms with Crippen LogP contribution >= 0.6 is 24.0 Å². The first-order valence-corrected chi connectivity index (χ1v) is 10.4. The summed E-state index contributed by atoms with van der Waals surface area (Å²) >= 11 is 6.49. The number of rotatable bonds is 4. The maximum absolute atomic E-state index is 13.0. The Hall–Kier alpha value is -3.16. The monoisotopic (exact) mass is 434 g/mol. The number of methoxy groups -OCH3 is 1. The van der Waals surface area contributed by atoms with Crippen LogP contribution in [0.1, 0.15) is 21.5 Å². The summed E-state index contributed by atoms with van der Waals surface area (Å²) in [5.74, 6) is -0.0989. The maximum atomic E-state index is 13.0. The van der Waals surface area contributed by atoms with E-state index in [9.17, 15) is 9.59 Å². The zero-order valence-electron chi connectivity index (χ0n) is 16.3. The lowest BCUT2D eigenvalue weighted by Gasteiger charge is -2.16. The van der Waals surface area contributed by atoms with Gasteiger partial charge in [-0.3, -0.25) is 15.0 Å². The minimum atomic E-state index is -0.381. The zero-order valence-corrected chi connectivity index (χ0v) is 18.0. The number of hydrogen-bond donors (Lipinski definition) is 1. The standard InChI is InChI=1S/C23H18N2O3S2/c1-14-7-3-5-9-16(14)21(26)24-25-22(27)20(30-23(25)29)13-18-17-10-6-4-8-15(17)11-12-19(18)28-2/h3-13H,1-2H3,(H,24,26)/b20-13+. The van der Waals surface area contributed by atoms with Crippen molar-refractivity contribution in [3.05, 3.63) is 82.3 Å². The first-order chi connectivity index (χ1) is 14.5. The van der Waals surface area contributed by atoms with Crippen LogP contribution in [0.4, 0.5) is 0 Å². The molecule has 30 heavy (non-hydrogen) atoms. The van der Waals surface area contributed by atoms with E-state index in [1.54, 1.807) is 25.3 Å². The van der Waals surface area contributed by atoms with Gasteiger partial charge in [-0.15, -0.1) is 0 Å². The molecule has 7 heteroatoms. The molecule has 2 amide bonds. The molecule has 1 N–H and O–H groups in total. The zero-order chi connectivity index (χ0) is 21.3. The topological polar surface area (TPSA) is 58.6 Å². The van der Waals surface area contributed by atoms with Crippen LogP contribution in [0.3, 0.4) is 0 Å². The van der Waals surface area contributed by atoms with E-state index in [-0.39, 0.29) is 16.1 Å². The number of carbonyl (C=O) groups is 2. The summed E-state index contributed by atoms with van der Waals surface area (Å²) in [6.07, 6.45) is 1.76. The molecule has 1 heterocycles. The molecule has 0 spiro atoms. The fraction of sp³-hybridized carbons (Fsp3) is 0.0870. The van der Waals surface area contributed by atoms with Gasteiger partial charge in [-0.2, -0.15) is 5.01 Å². The second-order valence-electron chi connectivity index (χ2n) is 6.68. The molecule has 4 rings (SSSR count). The molecule has 0 unspecified atom stereocenters. The van der Waals surface area contributed by atoms with Crippen molar-refractivity contribution in [2.75, 3.05) is 7.11 Å². The smallest absolute Gasteiger partial charge is 0.285 e. The molecule has 1 saturated heterocycles. The number of thioether (sulfide) groups is 1. The third-order valence-electron chi connectivity index (χ3n) is 4.82. The van der Waals surface area contributed by atoms with Gasteiger partial charge < -0.3 is 4.74 Å². The van der Waals surface area contributed by atoms with E-state index in [0.717, 1.165) is 38.7 Å². The molecule has 0 radical (unpaired) electrons. The van der Waals surface area contributed by atoms with Crippen molar-refractivity contribution in [1.82, 2.24) is 10.4 Å². The summed E-state index contributed by atoms with van der Waals surface area (Å²) < 4.78 is 5.78. The van der Waals surface area contributed by atoms with Crippen molar-refractivity contribution in [2.24, 2.45) is 0 Å². The minimum absolute atomic E-state index is 0.271. The SMILES string of the molecule is COc1ccc2ccccc2c1/C=C1/SC(=S)N(NC(=O)c2ccccc2C)C1=O. The van der Waals surface area contributed by atoms with Crippen LogP contribution in [0.2, 0.25) is 0 Å². The van der Waals surface area contributed by atoms with Crippen LogP contribution in [0.5, 0.6) is 5.75 Å². The highest BCUT2D eigenvalue weighted by Gasteiger charge is 2.34. The summed E-state index contributed by atoms with van der Waals surface area (Å²) in [7, 11) is 1.59.